The van der Waals surface area contributed by atoms with E-state index in [1.807, 2.05) is 0 Å². The van der Waals surface area contributed by atoms with Crippen molar-refractivity contribution >= 4 is 17.7 Å². The van der Waals surface area contributed by atoms with Gasteiger partial charge in [0.05, 0.1) is 5.56 Å². The number of rotatable bonds is 1. The number of hydrogen-bond donors (Lipinski definition) is 0. The Morgan fingerprint density at radius 2 is 1.92 bits per heavy atom. The Hall–Kier alpha value is -0.960. The van der Waals surface area contributed by atoms with Crippen LogP contribution in [0.25, 0.3) is 6.08 Å². The lowest BCUT2D eigenvalue weighted by Gasteiger charge is -2.09. The maximum atomic E-state index is 12.3. The Morgan fingerprint density at radius 1 is 1.31 bits per heavy atom. The summed E-state index contributed by atoms with van der Waals surface area (Å²) in [5.41, 5.74) is -0.716. The minimum Gasteiger partial charge on any atom is -0.166 e. The predicted octanol–water partition coefficient (Wildman–Crippen LogP) is 4.00. The van der Waals surface area contributed by atoms with Gasteiger partial charge in [-0.15, -0.1) is 0 Å². The van der Waals surface area contributed by atoms with Crippen molar-refractivity contribution in [1.29, 1.82) is 0 Å². The Labute approximate surface area is 78.6 Å². The van der Waals surface area contributed by atoms with Gasteiger partial charge in [-0.2, -0.15) is 13.2 Å². The van der Waals surface area contributed by atoms with Crippen LogP contribution in [0.2, 0.25) is 5.02 Å². The zero-order valence-electron chi connectivity index (χ0n) is 6.53. The van der Waals surface area contributed by atoms with E-state index >= 15 is 0 Å². The lowest BCUT2D eigenvalue weighted by molar-refractivity contribution is -0.137. The van der Waals surface area contributed by atoms with Crippen LogP contribution in [0.3, 0.4) is 0 Å². The first-order valence-corrected chi connectivity index (χ1v) is 3.82. The second-order valence-corrected chi connectivity index (χ2v) is 2.87. The van der Waals surface area contributed by atoms with Gasteiger partial charge < -0.3 is 0 Å². The quantitative estimate of drug-likeness (QED) is 0.652. The van der Waals surface area contributed by atoms with Gasteiger partial charge >= 0.3 is 6.18 Å². The van der Waals surface area contributed by atoms with Gasteiger partial charge in [-0.25, -0.2) is 0 Å². The zero-order chi connectivity index (χ0) is 10.1. The van der Waals surface area contributed by atoms with E-state index < -0.39 is 11.7 Å². The third-order valence-electron chi connectivity index (χ3n) is 1.54. The van der Waals surface area contributed by atoms with Gasteiger partial charge in [0.2, 0.25) is 0 Å². The van der Waals surface area contributed by atoms with Gasteiger partial charge in [-0.05, 0) is 23.8 Å². The maximum Gasteiger partial charge on any atom is 0.416 e. The van der Waals surface area contributed by atoms with Crippen molar-refractivity contribution in [3.63, 3.8) is 0 Å². The van der Waals surface area contributed by atoms with Crippen LogP contribution in [0.15, 0.2) is 24.8 Å². The van der Waals surface area contributed by atoms with Gasteiger partial charge in [-0.1, -0.05) is 24.3 Å². The Kier molecular flexibility index (Phi) is 2.66. The molecule has 0 aliphatic heterocycles. The van der Waals surface area contributed by atoms with Gasteiger partial charge in [0.15, 0.2) is 0 Å². The van der Waals surface area contributed by atoms with E-state index in [0.717, 1.165) is 12.1 Å². The van der Waals surface area contributed by atoms with Crippen LogP contribution in [0.1, 0.15) is 11.1 Å². The molecule has 0 heterocycles. The van der Waals surface area contributed by atoms with Gasteiger partial charge in [0.1, 0.15) is 0 Å². The van der Waals surface area contributed by atoms with E-state index in [1.165, 1.54) is 12.1 Å². The van der Waals surface area contributed by atoms with Crippen LogP contribution in [0.4, 0.5) is 13.2 Å². The molecule has 0 bridgehead atoms. The fourth-order valence-corrected chi connectivity index (χ4v) is 1.14. The molecule has 0 radical (unpaired) electrons. The highest BCUT2D eigenvalue weighted by Crippen LogP contribution is 2.33. The van der Waals surface area contributed by atoms with E-state index in [2.05, 4.69) is 6.58 Å². The molecule has 0 saturated carbocycles. The second-order valence-electron chi connectivity index (χ2n) is 2.43. The minimum absolute atomic E-state index is 0.000000000000000444. The van der Waals surface area contributed by atoms with Crippen molar-refractivity contribution in [2.75, 3.05) is 0 Å². The fraction of sp³-hybridized carbons (Fsp3) is 0.111. The standard InChI is InChI=1S/C9H6ClF3/c1-2-6-5-7(10)3-4-8(6)9(11,12)13/h2-5H,1H2. The van der Waals surface area contributed by atoms with Crippen molar-refractivity contribution in [2.45, 2.75) is 6.18 Å². The van der Waals surface area contributed by atoms with Gasteiger partial charge in [0.25, 0.3) is 0 Å². The summed E-state index contributed by atoms with van der Waals surface area (Å²) in [5.74, 6) is 0. The van der Waals surface area contributed by atoms with Crippen LogP contribution >= 0.6 is 11.6 Å². The third-order valence-corrected chi connectivity index (χ3v) is 1.77. The average molecular weight is 207 g/mol. The summed E-state index contributed by atoms with van der Waals surface area (Å²) in [7, 11) is 0. The molecule has 0 atom stereocenters. The van der Waals surface area contributed by atoms with Crippen LogP contribution in [0.5, 0.6) is 0 Å². The molecular formula is C9H6ClF3. The molecule has 0 fully saturated rings. The molecule has 0 saturated heterocycles. The summed E-state index contributed by atoms with van der Waals surface area (Å²) in [4.78, 5) is 0. The lowest BCUT2D eigenvalue weighted by Crippen LogP contribution is -2.06. The Morgan fingerprint density at radius 3 is 2.38 bits per heavy atom. The summed E-state index contributed by atoms with van der Waals surface area (Å²) < 4.78 is 36.8. The van der Waals surface area contributed by atoms with Crippen molar-refractivity contribution in [1.82, 2.24) is 0 Å². The molecule has 0 aliphatic carbocycles. The molecule has 0 aliphatic rings. The highest BCUT2D eigenvalue weighted by Gasteiger charge is 2.32. The lowest BCUT2D eigenvalue weighted by atomic mass is 10.1. The van der Waals surface area contributed by atoms with E-state index in [1.54, 1.807) is 0 Å². The molecular weight excluding hydrogens is 201 g/mol. The van der Waals surface area contributed by atoms with E-state index in [0.29, 0.717) is 0 Å². The average Bonchev–Trinajstić information content (AvgIpc) is 2.01. The molecule has 13 heavy (non-hydrogen) atoms. The summed E-state index contributed by atoms with van der Waals surface area (Å²) in [6, 6.07) is 3.38. The van der Waals surface area contributed by atoms with Crippen LogP contribution < -0.4 is 0 Å². The monoisotopic (exact) mass is 206 g/mol. The van der Waals surface area contributed by atoms with Crippen molar-refractivity contribution in [2.24, 2.45) is 0 Å². The van der Waals surface area contributed by atoms with Gasteiger partial charge in [-0.3, -0.25) is 0 Å². The first-order chi connectivity index (χ1) is 5.95. The molecule has 0 amide bonds. The summed E-state index contributed by atoms with van der Waals surface area (Å²) >= 11 is 5.53. The number of alkyl halides is 3. The molecule has 0 N–H and O–H groups in total. The first kappa shape index (κ1) is 10.1. The van der Waals surface area contributed by atoms with Gasteiger partial charge in [0, 0.05) is 5.02 Å². The highest BCUT2D eigenvalue weighted by atomic mass is 35.5. The van der Waals surface area contributed by atoms with Crippen LogP contribution in [-0.2, 0) is 6.18 Å². The molecule has 1 rings (SSSR count). The maximum absolute atomic E-state index is 12.3. The summed E-state index contributed by atoms with van der Waals surface area (Å²) in [5, 5.41) is 0.267. The molecule has 0 nitrogen and oxygen atoms in total. The number of halogens is 4. The molecule has 70 valence electrons. The molecule has 4 heteroatoms. The largest absolute Gasteiger partial charge is 0.416 e. The SMILES string of the molecule is C=Cc1cc(Cl)ccc1C(F)(F)F. The molecule has 0 aromatic heterocycles. The summed E-state index contributed by atoms with van der Waals surface area (Å²) in [6.45, 7) is 3.29. The van der Waals surface area contributed by atoms with Crippen LogP contribution in [-0.4, -0.2) is 0 Å². The van der Waals surface area contributed by atoms with E-state index in [4.69, 9.17) is 11.6 Å². The third kappa shape index (κ3) is 2.25. The van der Waals surface area contributed by atoms with Crippen molar-refractivity contribution < 1.29 is 13.2 Å². The van der Waals surface area contributed by atoms with Crippen molar-refractivity contribution in [3.8, 4) is 0 Å². The Bertz CT molecular complexity index is 328. The normalized spacial score (nSPS) is 11.4. The summed E-state index contributed by atoms with van der Waals surface area (Å²) in [6.07, 6.45) is -3.22. The highest BCUT2D eigenvalue weighted by molar-refractivity contribution is 6.30. The number of benzene rings is 1. The van der Waals surface area contributed by atoms with Crippen molar-refractivity contribution in [3.05, 3.63) is 40.9 Å². The molecule has 1 aromatic carbocycles. The van der Waals surface area contributed by atoms with E-state index in [9.17, 15) is 13.2 Å². The second kappa shape index (κ2) is 3.42. The fourth-order valence-electron chi connectivity index (χ4n) is 0.961. The zero-order valence-corrected chi connectivity index (χ0v) is 7.28. The number of hydrogen-bond acceptors (Lipinski definition) is 0. The molecule has 1 aromatic rings. The van der Waals surface area contributed by atoms with Crippen LogP contribution in [0, 0.1) is 0 Å². The predicted molar refractivity (Wildman–Crippen MR) is 46.5 cm³/mol. The smallest absolute Gasteiger partial charge is 0.166 e. The minimum atomic E-state index is -4.35. The first-order valence-electron chi connectivity index (χ1n) is 3.44. The Balaban J connectivity index is 3.29. The molecule has 0 unspecified atom stereocenters. The molecule has 0 spiro atoms. The topological polar surface area (TPSA) is 0 Å². The van der Waals surface area contributed by atoms with E-state index in [-0.39, 0.29) is 10.6 Å².